The van der Waals surface area contributed by atoms with Crippen molar-refractivity contribution in [2.45, 2.75) is 230 Å². The van der Waals surface area contributed by atoms with E-state index in [0.717, 1.165) is 50.8 Å². The molecule has 564 valence electrons. The zero-order chi connectivity index (χ0) is 74.0. The summed E-state index contributed by atoms with van der Waals surface area (Å²) in [7, 11) is 0. The van der Waals surface area contributed by atoms with Crippen molar-refractivity contribution >= 4 is 76.7 Å². The number of aromatic amines is 2. The second kappa shape index (κ2) is 52.4. The highest BCUT2D eigenvalue weighted by atomic mass is 16.5. The number of carbonyl (C=O) groups is 13. The van der Waals surface area contributed by atoms with Gasteiger partial charge in [0.1, 0.15) is 48.9 Å². The number of nitrogens with zero attached hydrogens (tertiary/aromatic N) is 4. The van der Waals surface area contributed by atoms with E-state index >= 15 is 0 Å². The third-order valence-corrected chi connectivity index (χ3v) is 15.5. The molecule has 0 aromatic carbocycles. The first-order chi connectivity index (χ1) is 47.9. The fourth-order valence-corrected chi connectivity index (χ4v) is 9.79. The number of ketones is 1. The van der Waals surface area contributed by atoms with Crippen LogP contribution in [0, 0.1) is 0 Å². The Morgan fingerprint density at radius 1 is 0.510 bits per heavy atom. The minimum Gasteiger partial charge on any atom is -0.394 e. The summed E-state index contributed by atoms with van der Waals surface area (Å²) >= 11 is 0. The number of unbranched alkanes of at least 4 members (excludes halogenated alkanes) is 13. The Morgan fingerprint density at radius 2 is 0.980 bits per heavy atom. The molecule has 37 heteroatoms. The number of H-pyrrole nitrogens is 2. The molecule has 0 aliphatic heterocycles. The highest BCUT2D eigenvalue weighted by Crippen LogP contribution is 2.14. The van der Waals surface area contributed by atoms with Crippen LogP contribution in [0.2, 0.25) is 0 Å². The number of hydrogen-bond donors (Lipinski definition) is 18. The number of aryl methyl sites for hydroxylation is 1. The first-order valence-electron chi connectivity index (χ1n) is 34.3. The van der Waals surface area contributed by atoms with E-state index in [-0.39, 0.29) is 50.5 Å². The van der Waals surface area contributed by atoms with Gasteiger partial charge in [-0.1, -0.05) is 109 Å². The number of amides is 12. The van der Waals surface area contributed by atoms with Crippen LogP contribution >= 0.6 is 0 Å². The lowest BCUT2D eigenvalue weighted by Crippen LogP contribution is -2.62. The standard InChI is InChI=1S/C63H109N19O18/c1-5-6-20-43(41(4)86)72-60(95)47(33-68-40(2)3)76-59(94)46(31-42-32-66-39-70-42)75-57(92)44(23-25-51(64)87)74-62(97)49(36-84)78-63(98)50(37-85)77-58(93)45(24-26-52(65)88)73-61(96)48(35-83)71-55(90)34-69-56(91)38-100-30-29-99-28-27-67-54(89)22-19-17-15-13-11-9-7-8-10-12-14-16-18-21-53-79-81-82-80-53/h32,39-40,43-50,68,83-85H,5-31,33-38H2,1-4H3,(H2,64,87)(H2,65,88)(H,66,70)(H,67,89)(H,69,91)(H,71,90)(H,72,95)(H,73,96)(H,74,97)(H,75,92)(H,76,94)(H,77,93)(H,78,98)(H,79,80,81,82)/t43-,44-,45-,46-,47-,48+,49-,50-/m0/s1. The molecule has 2 rings (SSSR count). The Bertz CT molecular complexity index is 2780. The number of tetrazole rings is 1. The number of carbonyl (C=O) groups excluding carboxylic acids is 13. The number of aliphatic hydroxyl groups is 3. The first kappa shape index (κ1) is 87.4. The number of nitrogens with two attached hydrogens (primary N) is 2. The van der Waals surface area contributed by atoms with Crippen molar-refractivity contribution in [3.8, 4) is 0 Å². The Morgan fingerprint density at radius 3 is 1.47 bits per heavy atom. The molecule has 0 spiro atoms. The number of nitrogens with one attached hydrogen (secondary N) is 13. The van der Waals surface area contributed by atoms with E-state index in [1.54, 1.807) is 13.8 Å². The minimum atomic E-state index is -1.95. The summed E-state index contributed by atoms with van der Waals surface area (Å²) in [5.74, 6) is -10.8. The Balaban J connectivity index is 1.88. The maximum absolute atomic E-state index is 14.1. The van der Waals surface area contributed by atoms with Crippen molar-refractivity contribution < 1.29 is 87.1 Å². The van der Waals surface area contributed by atoms with E-state index in [1.807, 2.05) is 6.92 Å². The molecule has 20 N–H and O–H groups in total. The highest BCUT2D eigenvalue weighted by molar-refractivity contribution is 5.99. The van der Waals surface area contributed by atoms with Gasteiger partial charge in [0, 0.05) is 63.1 Å². The molecular weight excluding hydrogens is 1310 g/mol. The van der Waals surface area contributed by atoms with Crippen molar-refractivity contribution in [2.24, 2.45) is 11.5 Å². The molecule has 12 amide bonds. The van der Waals surface area contributed by atoms with Gasteiger partial charge in [-0.15, -0.1) is 10.2 Å². The monoisotopic (exact) mass is 1420 g/mol. The summed E-state index contributed by atoms with van der Waals surface area (Å²) in [6.07, 6.45) is 18.3. The second-order valence-corrected chi connectivity index (χ2v) is 24.4. The SMILES string of the molecule is CCCC[C@H](NC(=O)[C@H](CNC(C)C)NC(=O)[C@H](Cc1cnc[nH]1)NC(=O)[C@H](CCC(N)=O)NC(=O)[C@H](CO)NC(=O)[C@H](CO)NC(=O)[C@H](CCC(N)=O)NC(=O)[C@@H](CO)NC(=O)CNC(=O)COCCOCCNC(=O)CCCCCCCCCCCCCCCc1nn[nH]n1)C(C)=O. The summed E-state index contributed by atoms with van der Waals surface area (Å²) < 4.78 is 10.7. The Hall–Kier alpha value is -8.65. The number of hydrogen-bond acceptors (Lipinski definition) is 23. The largest absolute Gasteiger partial charge is 0.394 e. The quantitative estimate of drug-likeness (QED) is 0.0278. The fourth-order valence-electron chi connectivity index (χ4n) is 9.79. The maximum atomic E-state index is 14.1. The normalized spacial score (nSPS) is 13.6. The van der Waals surface area contributed by atoms with E-state index in [1.165, 1.54) is 70.8 Å². The molecular formula is C63H109N19O18. The molecule has 0 unspecified atom stereocenters. The molecule has 0 saturated carbocycles. The van der Waals surface area contributed by atoms with Gasteiger partial charge in [-0.05, 0) is 39.0 Å². The van der Waals surface area contributed by atoms with E-state index in [0.29, 0.717) is 31.5 Å². The molecule has 2 heterocycles. The van der Waals surface area contributed by atoms with Gasteiger partial charge >= 0.3 is 0 Å². The fraction of sp³-hybridized carbons (Fsp3) is 0.730. The average Bonchev–Trinajstić information content (AvgIpc) is 1.10. The number of aromatic nitrogens is 6. The first-order valence-corrected chi connectivity index (χ1v) is 34.3. The van der Waals surface area contributed by atoms with E-state index in [9.17, 15) is 77.6 Å². The highest BCUT2D eigenvalue weighted by Gasteiger charge is 2.35. The second-order valence-electron chi connectivity index (χ2n) is 24.4. The summed E-state index contributed by atoms with van der Waals surface area (Å²) in [5, 5.41) is 71.4. The van der Waals surface area contributed by atoms with Crippen LogP contribution in [0.5, 0.6) is 0 Å². The predicted octanol–water partition coefficient (Wildman–Crippen LogP) is -4.40. The molecule has 8 atom stereocenters. The smallest absolute Gasteiger partial charge is 0.246 e. The van der Waals surface area contributed by atoms with E-state index in [4.69, 9.17) is 20.9 Å². The summed E-state index contributed by atoms with van der Waals surface area (Å²) in [6.45, 7) is 2.75. The molecule has 0 radical (unpaired) electrons. The molecule has 0 aliphatic rings. The summed E-state index contributed by atoms with van der Waals surface area (Å²) in [4.78, 5) is 177. The van der Waals surface area contributed by atoms with Crippen LogP contribution in [0.25, 0.3) is 0 Å². The molecule has 0 aliphatic carbocycles. The molecule has 37 nitrogen and oxygen atoms in total. The molecule has 2 aromatic rings. The van der Waals surface area contributed by atoms with Crippen molar-refractivity contribution in [2.75, 3.05) is 65.9 Å². The number of aliphatic hydroxyl groups excluding tert-OH is 3. The topological polar surface area (TPSA) is 569 Å². The molecule has 0 fully saturated rings. The Kier molecular flexibility index (Phi) is 45.8. The number of imidazole rings is 1. The summed E-state index contributed by atoms with van der Waals surface area (Å²) in [6, 6.07) is -12.9. The van der Waals surface area contributed by atoms with Crippen LogP contribution in [0.3, 0.4) is 0 Å². The van der Waals surface area contributed by atoms with Gasteiger partial charge in [0.05, 0.1) is 58.6 Å². The minimum absolute atomic E-state index is 0.000992. The van der Waals surface area contributed by atoms with Crippen LogP contribution in [-0.2, 0) is 84.6 Å². The zero-order valence-electron chi connectivity index (χ0n) is 58.1. The van der Waals surface area contributed by atoms with Crippen LogP contribution < -0.4 is 70.0 Å². The average molecular weight is 1420 g/mol. The zero-order valence-corrected chi connectivity index (χ0v) is 58.1. The number of rotatable bonds is 59. The lowest BCUT2D eigenvalue weighted by molar-refractivity contribution is -0.137. The summed E-state index contributed by atoms with van der Waals surface area (Å²) in [5.41, 5.74) is 11.0. The third kappa shape index (κ3) is 39.8. The Labute approximate surface area is 582 Å². The van der Waals surface area contributed by atoms with Crippen molar-refractivity contribution in [1.29, 1.82) is 0 Å². The van der Waals surface area contributed by atoms with Gasteiger partial charge in [0.2, 0.25) is 70.9 Å². The van der Waals surface area contributed by atoms with Gasteiger partial charge in [0.15, 0.2) is 11.6 Å². The number of ether oxygens (including phenoxy) is 2. The van der Waals surface area contributed by atoms with Gasteiger partial charge in [-0.3, -0.25) is 62.3 Å². The van der Waals surface area contributed by atoms with E-state index in [2.05, 4.69) is 89.1 Å². The van der Waals surface area contributed by atoms with Crippen molar-refractivity contribution in [3.63, 3.8) is 0 Å². The molecule has 100 heavy (non-hydrogen) atoms. The van der Waals surface area contributed by atoms with Gasteiger partial charge in [-0.25, -0.2) is 4.98 Å². The third-order valence-electron chi connectivity index (χ3n) is 15.5. The number of Topliss-reactive ketones (excluding diaryl/α,β-unsaturated/α-hetero) is 1. The van der Waals surface area contributed by atoms with Crippen molar-refractivity contribution in [1.82, 2.24) is 89.1 Å². The van der Waals surface area contributed by atoms with Crippen LogP contribution in [-0.4, -0.2) is 243 Å². The van der Waals surface area contributed by atoms with Gasteiger partial charge in [-0.2, -0.15) is 5.21 Å². The maximum Gasteiger partial charge on any atom is 0.246 e. The van der Waals surface area contributed by atoms with Crippen LogP contribution in [0.1, 0.15) is 174 Å². The van der Waals surface area contributed by atoms with Crippen LogP contribution in [0.15, 0.2) is 12.5 Å². The lowest BCUT2D eigenvalue weighted by atomic mass is 10.0. The molecule has 0 bridgehead atoms. The van der Waals surface area contributed by atoms with E-state index < -0.39 is 172 Å². The van der Waals surface area contributed by atoms with Crippen molar-refractivity contribution in [3.05, 3.63) is 24.0 Å². The number of primary amides is 2. The molecule has 2 aromatic heterocycles. The van der Waals surface area contributed by atoms with Gasteiger partial charge in [0.25, 0.3) is 0 Å². The molecule has 0 saturated heterocycles. The van der Waals surface area contributed by atoms with Gasteiger partial charge < -0.3 is 99.7 Å². The van der Waals surface area contributed by atoms with Crippen LogP contribution in [0.4, 0.5) is 0 Å². The predicted molar refractivity (Wildman–Crippen MR) is 359 cm³/mol. The lowest BCUT2D eigenvalue weighted by Gasteiger charge is -2.27.